The van der Waals surface area contributed by atoms with E-state index in [9.17, 15) is 0 Å². The van der Waals surface area contributed by atoms with Gasteiger partial charge in [0.2, 0.25) is 5.89 Å². The molecule has 0 aliphatic rings. The van der Waals surface area contributed by atoms with E-state index in [4.69, 9.17) is 9.05 Å². The third-order valence-corrected chi connectivity index (χ3v) is 4.74. The van der Waals surface area contributed by atoms with Crippen molar-refractivity contribution in [3.63, 3.8) is 0 Å². The maximum absolute atomic E-state index is 5.35. The van der Waals surface area contributed by atoms with Crippen molar-refractivity contribution < 1.29 is 9.05 Å². The highest BCUT2D eigenvalue weighted by atomic mass is 32.2. The number of hydrogen-bond donors (Lipinski definition) is 0. The lowest BCUT2D eigenvalue weighted by Gasteiger charge is -2.03. The Morgan fingerprint density at radius 1 is 1.35 bits per heavy atom. The molecule has 104 valence electrons. The highest BCUT2D eigenvalue weighted by molar-refractivity contribution is 7.98. The Hall–Kier alpha value is -1.60. The van der Waals surface area contributed by atoms with Gasteiger partial charge in [0.25, 0.3) is 0 Å². The van der Waals surface area contributed by atoms with Crippen LogP contribution in [-0.2, 0) is 5.75 Å². The van der Waals surface area contributed by atoms with Gasteiger partial charge in [-0.05, 0) is 25.3 Å². The largest absolute Gasteiger partial charge is 0.355 e. The van der Waals surface area contributed by atoms with E-state index in [1.165, 1.54) is 0 Å². The van der Waals surface area contributed by atoms with Crippen LogP contribution in [0.5, 0.6) is 0 Å². The monoisotopic (exact) mass is 307 g/mol. The van der Waals surface area contributed by atoms with Crippen LogP contribution in [-0.4, -0.2) is 15.3 Å². The molecule has 0 aliphatic carbocycles. The molecule has 1 unspecified atom stereocenters. The molecule has 20 heavy (non-hydrogen) atoms. The first-order chi connectivity index (χ1) is 9.72. The number of hydrogen-bond acceptors (Lipinski definition) is 7. The summed E-state index contributed by atoms with van der Waals surface area (Å²) in [4.78, 5) is 5.32. The first-order valence-corrected chi connectivity index (χ1v) is 8.06. The number of aryl methyl sites for hydroxylation is 1. The van der Waals surface area contributed by atoms with Gasteiger partial charge in [0.05, 0.1) is 15.8 Å². The van der Waals surface area contributed by atoms with Gasteiger partial charge >= 0.3 is 0 Å². The Kier molecular flexibility index (Phi) is 3.88. The molecule has 0 saturated carbocycles. The second-order valence-corrected chi connectivity index (χ2v) is 6.57. The highest BCUT2D eigenvalue weighted by Gasteiger charge is 2.15. The van der Waals surface area contributed by atoms with Crippen molar-refractivity contribution in [3.05, 3.63) is 41.0 Å². The summed E-state index contributed by atoms with van der Waals surface area (Å²) in [5.41, 5.74) is 0.918. The van der Waals surface area contributed by atoms with E-state index < -0.39 is 0 Å². The second-order valence-electron chi connectivity index (χ2n) is 4.29. The maximum Gasteiger partial charge on any atom is 0.239 e. The van der Waals surface area contributed by atoms with Crippen molar-refractivity contribution in [1.82, 2.24) is 15.3 Å². The molecule has 5 nitrogen and oxygen atoms in total. The standard InChI is InChI=1S/C13H13N3O2S2/c1-8(13-14-9(2)15-18-13)20-7-10-6-11(17-16-10)12-4-3-5-19-12/h3-6,8H,7H2,1-2H3. The van der Waals surface area contributed by atoms with Crippen LogP contribution in [0.4, 0.5) is 0 Å². The lowest BCUT2D eigenvalue weighted by atomic mass is 10.3. The molecule has 1 atom stereocenters. The van der Waals surface area contributed by atoms with Crippen LogP contribution in [0.3, 0.4) is 0 Å². The first kappa shape index (κ1) is 13.4. The van der Waals surface area contributed by atoms with Crippen LogP contribution in [0, 0.1) is 6.92 Å². The summed E-state index contributed by atoms with van der Waals surface area (Å²) in [6.07, 6.45) is 0. The molecule has 0 amide bonds. The number of nitrogens with zero attached hydrogens (tertiary/aromatic N) is 3. The Morgan fingerprint density at radius 2 is 2.25 bits per heavy atom. The molecule has 3 rings (SSSR count). The van der Waals surface area contributed by atoms with Crippen LogP contribution in [0.15, 0.2) is 32.6 Å². The Morgan fingerprint density at radius 3 is 2.95 bits per heavy atom. The minimum Gasteiger partial charge on any atom is -0.355 e. The predicted octanol–water partition coefficient (Wildman–Crippen LogP) is 4.09. The van der Waals surface area contributed by atoms with Crippen LogP contribution < -0.4 is 0 Å². The van der Waals surface area contributed by atoms with Gasteiger partial charge < -0.3 is 9.05 Å². The van der Waals surface area contributed by atoms with Gasteiger partial charge in [0, 0.05) is 11.8 Å². The molecule has 3 aromatic heterocycles. The fourth-order valence-electron chi connectivity index (χ4n) is 1.67. The summed E-state index contributed by atoms with van der Waals surface area (Å²) in [6, 6.07) is 5.99. The van der Waals surface area contributed by atoms with Gasteiger partial charge in [-0.15, -0.1) is 23.1 Å². The third kappa shape index (κ3) is 2.94. The van der Waals surface area contributed by atoms with Gasteiger partial charge in [0.1, 0.15) is 0 Å². The molecule has 3 heterocycles. The van der Waals surface area contributed by atoms with Crippen molar-refractivity contribution in [2.24, 2.45) is 0 Å². The van der Waals surface area contributed by atoms with Crippen molar-refractivity contribution >= 4 is 23.1 Å². The van der Waals surface area contributed by atoms with Crippen molar-refractivity contribution in [2.45, 2.75) is 24.9 Å². The average molecular weight is 307 g/mol. The molecule has 3 aromatic rings. The first-order valence-electron chi connectivity index (χ1n) is 6.13. The topological polar surface area (TPSA) is 65.0 Å². The summed E-state index contributed by atoms with van der Waals surface area (Å²) in [6.45, 7) is 3.85. The van der Waals surface area contributed by atoms with Gasteiger partial charge in [-0.2, -0.15) is 4.98 Å². The smallest absolute Gasteiger partial charge is 0.239 e. The average Bonchev–Trinajstić information content (AvgIpc) is 3.16. The molecular formula is C13H13N3O2S2. The predicted molar refractivity (Wildman–Crippen MR) is 78.6 cm³/mol. The Bertz CT molecular complexity index is 675. The number of aromatic nitrogens is 3. The van der Waals surface area contributed by atoms with E-state index in [0.717, 1.165) is 22.1 Å². The van der Waals surface area contributed by atoms with Gasteiger partial charge in [-0.1, -0.05) is 16.4 Å². The molecule has 0 radical (unpaired) electrons. The molecule has 0 aliphatic heterocycles. The van der Waals surface area contributed by atoms with Gasteiger partial charge in [-0.3, -0.25) is 0 Å². The van der Waals surface area contributed by atoms with E-state index in [2.05, 4.69) is 15.3 Å². The van der Waals surface area contributed by atoms with E-state index in [0.29, 0.717) is 11.7 Å². The fourth-order valence-corrected chi connectivity index (χ4v) is 3.14. The third-order valence-electron chi connectivity index (χ3n) is 2.70. The van der Waals surface area contributed by atoms with E-state index in [1.54, 1.807) is 23.1 Å². The van der Waals surface area contributed by atoms with Crippen molar-refractivity contribution in [1.29, 1.82) is 0 Å². The number of thiophene rings is 1. The minimum absolute atomic E-state index is 0.137. The zero-order chi connectivity index (χ0) is 13.9. The van der Waals surface area contributed by atoms with Crippen LogP contribution in [0.25, 0.3) is 10.6 Å². The fraction of sp³-hybridized carbons (Fsp3) is 0.308. The lowest BCUT2D eigenvalue weighted by molar-refractivity contribution is 0.376. The maximum atomic E-state index is 5.35. The summed E-state index contributed by atoms with van der Waals surface area (Å²) < 4.78 is 10.5. The highest BCUT2D eigenvalue weighted by Crippen LogP contribution is 2.31. The number of thioether (sulfide) groups is 1. The van der Waals surface area contributed by atoms with Gasteiger partial charge in [-0.25, -0.2) is 0 Å². The van der Waals surface area contributed by atoms with Crippen molar-refractivity contribution in [2.75, 3.05) is 0 Å². The number of rotatable bonds is 5. The van der Waals surface area contributed by atoms with E-state index >= 15 is 0 Å². The van der Waals surface area contributed by atoms with Crippen LogP contribution in [0.1, 0.15) is 29.6 Å². The summed E-state index contributed by atoms with van der Waals surface area (Å²) in [7, 11) is 0. The normalized spacial score (nSPS) is 12.7. The quantitative estimate of drug-likeness (QED) is 0.707. The molecule has 0 spiro atoms. The van der Waals surface area contributed by atoms with Gasteiger partial charge in [0.15, 0.2) is 11.6 Å². The second kappa shape index (κ2) is 5.80. The van der Waals surface area contributed by atoms with Crippen LogP contribution in [0.2, 0.25) is 0 Å². The minimum atomic E-state index is 0.137. The zero-order valence-corrected chi connectivity index (χ0v) is 12.7. The van der Waals surface area contributed by atoms with E-state index in [-0.39, 0.29) is 5.25 Å². The molecule has 0 fully saturated rings. The van der Waals surface area contributed by atoms with Crippen LogP contribution >= 0.6 is 23.1 Å². The SMILES string of the molecule is Cc1noc(C(C)SCc2cc(-c3cccs3)on2)n1. The molecule has 0 bridgehead atoms. The van der Waals surface area contributed by atoms with E-state index in [1.807, 2.05) is 37.4 Å². The molecule has 0 saturated heterocycles. The Balaban J connectivity index is 1.61. The molecule has 7 heteroatoms. The molecule has 0 N–H and O–H groups in total. The summed E-state index contributed by atoms with van der Waals surface area (Å²) >= 11 is 3.33. The molecule has 0 aromatic carbocycles. The molecular weight excluding hydrogens is 294 g/mol. The summed E-state index contributed by atoms with van der Waals surface area (Å²) in [5, 5.41) is 10.0. The Labute approximate surface area is 124 Å². The zero-order valence-electron chi connectivity index (χ0n) is 11.1. The van der Waals surface area contributed by atoms with Crippen molar-refractivity contribution in [3.8, 4) is 10.6 Å². The lowest BCUT2D eigenvalue weighted by Crippen LogP contribution is -1.90. The summed E-state index contributed by atoms with van der Waals surface area (Å²) in [5.74, 6) is 2.87.